The summed E-state index contributed by atoms with van der Waals surface area (Å²) < 4.78 is 5.91. The van der Waals surface area contributed by atoms with E-state index in [1.54, 1.807) is 5.67 Å². The first-order valence-corrected chi connectivity index (χ1v) is 23.1. The lowest BCUT2D eigenvalue weighted by molar-refractivity contribution is 0.0195. The molecule has 0 N–H and O–H groups in total. The van der Waals surface area contributed by atoms with Crippen LogP contribution in [0.5, 0.6) is 0 Å². The SMILES string of the molecule is CCCCc1ccc(C2CCC(OC(=O)c3ccc(CCCCCC[Si](C)(C)C[Si](C)(C)C)cc3)CC2)cc1. The molecule has 39 heavy (non-hydrogen) atoms. The Balaban J connectivity index is 1.33. The smallest absolute Gasteiger partial charge is 0.338 e. The standard InChI is InChI=1S/C35H56O2Si2/c1-7-8-13-29-15-19-31(20-16-29)32-23-25-34(26-24-32)37-35(36)33-21-17-30(18-22-33)14-11-9-10-12-27-39(5,6)28-38(2,3)4/h15-22,32,34H,7-14,23-28H2,1-6H3. The van der Waals surface area contributed by atoms with Gasteiger partial charge in [-0.1, -0.05) is 113 Å². The van der Waals surface area contributed by atoms with Gasteiger partial charge in [-0.15, -0.1) is 0 Å². The third-order valence-corrected chi connectivity index (χ3v) is 18.3. The second-order valence-corrected chi connectivity index (χ2v) is 25.6. The van der Waals surface area contributed by atoms with Crippen molar-refractivity contribution in [3.63, 3.8) is 0 Å². The molecule has 0 amide bonds. The van der Waals surface area contributed by atoms with Crippen LogP contribution in [0.25, 0.3) is 0 Å². The van der Waals surface area contributed by atoms with Crippen molar-refractivity contribution < 1.29 is 9.53 Å². The van der Waals surface area contributed by atoms with Crippen LogP contribution >= 0.6 is 0 Å². The molecule has 0 atom stereocenters. The molecule has 0 aromatic heterocycles. The van der Waals surface area contributed by atoms with E-state index in [4.69, 9.17) is 4.74 Å². The Bertz CT molecular complexity index is 981. The number of hydrogen-bond donors (Lipinski definition) is 0. The van der Waals surface area contributed by atoms with E-state index >= 15 is 0 Å². The summed E-state index contributed by atoms with van der Waals surface area (Å²) in [5, 5.41) is 0. The molecule has 0 aliphatic heterocycles. The fourth-order valence-electron chi connectivity index (χ4n) is 6.69. The van der Waals surface area contributed by atoms with Crippen molar-refractivity contribution in [3.8, 4) is 0 Å². The Morgan fingerprint density at radius 1 is 0.744 bits per heavy atom. The molecule has 2 aromatic rings. The number of unbranched alkanes of at least 4 members (excludes halogenated alkanes) is 4. The number of benzene rings is 2. The van der Waals surface area contributed by atoms with Crippen molar-refractivity contribution in [1.82, 2.24) is 0 Å². The van der Waals surface area contributed by atoms with E-state index in [2.05, 4.69) is 76.1 Å². The first-order chi connectivity index (χ1) is 18.5. The molecule has 216 valence electrons. The average molecular weight is 565 g/mol. The van der Waals surface area contributed by atoms with Crippen molar-refractivity contribution in [2.45, 2.75) is 140 Å². The van der Waals surface area contributed by atoms with Crippen LogP contribution in [0.3, 0.4) is 0 Å². The fraction of sp³-hybridized carbons (Fsp3) is 0.629. The first-order valence-electron chi connectivity index (χ1n) is 15.9. The molecule has 0 saturated heterocycles. The van der Waals surface area contributed by atoms with E-state index in [1.165, 1.54) is 67.7 Å². The molecule has 1 saturated carbocycles. The van der Waals surface area contributed by atoms with Crippen LogP contribution in [-0.4, -0.2) is 28.2 Å². The Morgan fingerprint density at radius 3 is 1.90 bits per heavy atom. The van der Waals surface area contributed by atoms with Crippen molar-refractivity contribution in [1.29, 1.82) is 0 Å². The number of hydrogen-bond acceptors (Lipinski definition) is 2. The molecular weight excluding hydrogens is 509 g/mol. The van der Waals surface area contributed by atoms with Gasteiger partial charge in [0.1, 0.15) is 6.10 Å². The quantitative estimate of drug-likeness (QED) is 0.122. The maximum absolute atomic E-state index is 12.8. The molecule has 1 aliphatic rings. The number of carbonyl (C=O) groups is 1. The lowest BCUT2D eigenvalue weighted by Crippen LogP contribution is -2.37. The highest BCUT2D eigenvalue weighted by atomic mass is 28.4. The van der Waals surface area contributed by atoms with E-state index in [9.17, 15) is 4.79 Å². The topological polar surface area (TPSA) is 26.3 Å². The van der Waals surface area contributed by atoms with Gasteiger partial charge in [-0.05, 0) is 86.1 Å². The normalized spacial score (nSPS) is 18.2. The molecule has 0 bridgehead atoms. The summed E-state index contributed by atoms with van der Waals surface area (Å²) in [6.45, 7) is 15.0. The average Bonchev–Trinajstić information content (AvgIpc) is 2.89. The highest BCUT2D eigenvalue weighted by Crippen LogP contribution is 2.34. The summed E-state index contributed by atoms with van der Waals surface area (Å²) >= 11 is 0. The van der Waals surface area contributed by atoms with Crippen LogP contribution in [-0.2, 0) is 17.6 Å². The Morgan fingerprint density at radius 2 is 1.31 bits per heavy atom. The summed E-state index contributed by atoms with van der Waals surface area (Å²) in [5.41, 5.74) is 6.48. The van der Waals surface area contributed by atoms with Gasteiger partial charge in [0, 0.05) is 16.1 Å². The third-order valence-electron chi connectivity index (χ3n) is 8.49. The summed E-state index contributed by atoms with van der Waals surface area (Å²) in [5.74, 6) is 0.438. The lowest BCUT2D eigenvalue weighted by Gasteiger charge is -2.29. The monoisotopic (exact) mass is 564 g/mol. The number of ether oxygens (including phenoxy) is 1. The van der Waals surface area contributed by atoms with Crippen LogP contribution in [0.2, 0.25) is 44.4 Å². The first kappa shape index (κ1) is 31.9. The van der Waals surface area contributed by atoms with E-state index in [0.717, 1.165) is 32.1 Å². The zero-order valence-corrected chi connectivity index (χ0v) is 28.0. The largest absolute Gasteiger partial charge is 0.459 e. The molecule has 3 rings (SSSR count). The molecule has 1 fully saturated rings. The van der Waals surface area contributed by atoms with Crippen molar-refractivity contribution >= 4 is 22.1 Å². The Labute approximate surface area is 242 Å². The number of esters is 1. The molecule has 0 spiro atoms. The van der Waals surface area contributed by atoms with Crippen molar-refractivity contribution in [3.05, 3.63) is 70.8 Å². The number of rotatable bonds is 15. The Kier molecular flexibility index (Phi) is 12.6. The summed E-state index contributed by atoms with van der Waals surface area (Å²) in [7, 11) is -1.93. The van der Waals surface area contributed by atoms with E-state index in [-0.39, 0.29) is 12.1 Å². The second-order valence-electron chi connectivity index (χ2n) is 14.2. The molecule has 0 unspecified atom stereocenters. The number of carbonyl (C=O) groups excluding carboxylic acids is 1. The minimum atomic E-state index is -1.00. The van der Waals surface area contributed by atoms with Gasteiger partial charge in [-0.2, -0.15) is 0 Å². The highest BCUT2D eigenvalue weighted by Gasteiger charge is 2.28. The van der Waals surface area contributed by atoms with Gasteiger partial charge < -0.3 is 4.74 Å². The molecule has 4 heteroatoms. The van der Waals surface area contributed by atoms with Crippen LogP contribution < -0.4 is 0 Å². The highest BCUT2D eigenvalue weighted by molar-refractivity contribution is 6.94. The van der Waals surface area contributed by atoms with Crippen molar-refractivity contribution in [2.75, 3.05) is 0 Å². The van der Waals surface area contributed by atoms with Crippen molar-refractivity contribution in [2.24, 2.45) is 0 Å². The molecule has 1 aliphatic carbocycles. The molecule has 2 aromatic carbocycles. The van der Waals surface area contributed by atoms with Gasteiger partial charge >= 0.3 is 5.97 Å². The second kappa shape index (κ2) is 15.4. The van der Waals surface area contributed by atoms with Gasteiger partial charge in [0.05, 0.1) is 5.56 Å². The molecular formula is C35H56O2Si2. The minimum absolute atomic E-state index is 0.0519. The summed E-state index contributed by atoms with van der Waals surface area (Å²) in [4.78, 5) is 12.8. The van der Waals surface area contributed by atoms with E-state index in [0.29, 0.717) is 11.5 Å². The lowest BCUT2D eigenvalue weighted by atomic mass is 9.82. The van der Waals surface area contributed by atoms with Crippen LogP contribution in [0.15, 0.2) is 48.5 Å². The van der Waals surface area contributed by atoms with Crippen LogP contribution in [0, 0.1) is 0 Å². The number of aryl methyl sites for hydroxylation is 2. The molecule has 0 radical (unpaired) electrons. The Hall–Kier alpha value is -1.66. The predicted octanol–water partition coefficient (Wildman–Crippen LogP) is 10.6. The van der Waals surface area contributed by atoms with Gasteiger partial charge in [-0.3, -0.25) is 0 Å². The van der Waals surface area contributed by atoms with Gasteiger partial charge in [-0.25, -0.2) is 4.79 Å². The predicted molar refractivity (Wildman–Crippen MR) is 175 cm³/mol. The van der Waals surface area contributed by atoms with Gasteiger partial charge in [0.25, 0.3) is 0 Å². The maximum atomic E-state index is 12.8. The van der Waals surface area contributed by atoms with Crippen LogP contribution in [0.1, 0.15) is 104 Å². The summed E-state index contributed by atoms with van der Waals surface area (Å²) in [6.07, 6.45) is 14.3. The molecule has 2 nitrogen and oxygen atoms in total. The summed E-state index contributed by atoms with van der Waals surface area (Å²) in [6, 6.07) is 18.9. The fourth-order valence-corrected chi connectivity index (χ4v) is 20.1. The van der Waals surface area contributed by atoms with Crippen LogP contribution in [0.4, 0.5) is 0 Å². The molecule has 0 heterocycles. The zero-order valence-electron chi connectivity index (χ0n) is 26.0. The van der Waals surface area contributed by atoms with E-state index in [1.807, 2.05) is 12.1 Å². The zero-order chi connectivity index (χ0) is 28.3. The minimum Gasteiger partial charge on any atom is -0.459 e. The van der Waals surface area contributed by atoms with Gasteiger partial charge in [0.2, 0.25) is 0 Å². The van der Waals surface area contributed by atoms with Gasteiger partial charge in [0.15, 0.2) is 0 Å². The third kappa shape index (κ3) is 11.8. The maximum Gasteiger partial charge on any atom is 0.338 e. The van der Waals surface area contributed by atoms with E-state index < -0.39 is 16.1 Å².